The minimum absolute atomic E-state index is 0.0910. The van der Waals surface area contributed by atoms with E-state index in [1.165, 1.54) is 17.3 Å². The molecule has 1 aromatic carbocycles. The third kappa shape index (κ3) is 2.98. The molecule has 23 heavy (non-hydrogen) atoms. The van der Waals surface area contributed by atoms with Crippen molar-refractivity contribution in [2.45, 2.75) is 52.7 Å². The smallest absolute Gasteiger partial charge is 0.124 e. The van der Waals surface area contributed by atoms with E-state index in [1.54, 1.807) is 12.1 Å². The highest BCUT2D eigenvalue weighted by atomic mass is 19.1. The van der Waals surface area contributed by atoms with Gasteiger partial charge in [0.1, 0.15) is 11.6 Å². The fourth-order valence-corrected chi connectivity index (χ4v) is 3.57. The average molecular weight is 317 g/mol. The van der Waals surface area contributed by atoms with E-state index in [-0.39, 0.29) is 17.9 Å². The first-order valence-corrected chi connectivity index (χ1v) is 8.23. The van der Waals surface area contributed by atoms with Gasteiger partial charge < -0.3 is 10.1 Å². The first-order chi connectivity index (χ1) is 11.0. The Labute approximate surface area is 136 Å². The molecule has 1 aliphatic rings. The van der Waals surface area contributed by atoms with Crippen molar-refractivity contribution in [3.8, 4) is 5.75 Å². The number of hydrogen-bond donors (Lipinski definition) is 1. The fraction of sp³-hybridized carbons (Fsp3) is 0.500. The quantitative estimate of drug-likeness (QED) is 0.931. The van der Waals surface area contributed by atoms with E-state index in [1.807, 2.05) is 11.6 Å². The molecule has 0 unspecified atom stereocenters. The molecule has 1 aromatic heterocycles. The number of benzene rings is 1. The number of nitrogens with zero attached hydrogens (tertiary/aromatic N) is 2. The summed E-state index contributed by atoms with van der Waals surface area (Å²) in [4.78, 5) is 0. The largest absolute Gasteiger partial charge is 0.493 e. The highest BCUT2D eigenvalue weighted by molar-refractivity contribution is 5.38. The predicted molar refractivity (Wildman–Crippen MR) is 88.2 cm³/mol. The molecule has 0 saturated carbocycles. The van der Waals surface area contributed by atoms with Gasteiger partial charge in [-0.2, -0.15) is 5.10 Å². The van der Waals surface area contributed by atoms with Crippen molar-refractivity contribution in [1.82, 2.24) is 15.1 Å². The molecule has 3 rings (SSSR count). The maximum atomic E-state index is 13.6. The number of aromatic nitrogens is 2. The van der Waals surface area contributed by atoms with Crippen LogP contribution in [0.2, 0.25) is 0 Å². The molecule has 124 valence electrons. The SMILES string of the molecule is CCn1nc(C)c([C@@H](C)N[C@H]2CCOc3ccc(F)cc32)c1C. The van der Waals surface area contributed by atoms with Gasteiger partial charge in [0.2, 0.25) is 0 Å². The Balaban J connectivity index is 1.86. The van der Waals surface area contributed by atoms with E-state index in [2.05, 4.69) is 31.2 Å². The lowest BCUT2D eigenvalue weighted by atomic mass is 9.97. The van der Waals surface area contributed by atoms with Gasteiger partial charge in [-0.3, -0.25) is 4.68 Å². The van der Waals surface area contributed by atoms with E-state index in [0.717, 1.165) is 30.0 Å². The highest BCUT2D eigenvalue weighted by Gasteiger charge is 2.25. The van der Waals surface area contributed by atoms with E-state index in [0.29, 0.717) is 6.61 Å². The van der Waals surface area contributed by atoms with Crippen LogP contribution in [-0.4, -0.2) is 16.4 Å². The molecular weight excluding hydrogens is 293 g/mol. The standard InChI is InChI=1S/C18H24FN3O/c1-5-22-13(4)18(12(3)21-22)11(2)20-16-8-9-23-17-7-6-14(19)10-15(16)17/h6-7,10-11,16,20H,5,8-9H2,1-4H3/t11-,16+/m1/s1. The zero-order valence-electron chi connectivity index (χ0n) is 14.2. The molecule has 0 aliphatic carbocycles. The Kier molecular flexibility index (Phi) is 4.39. The molecule has 4 nitrogen and oxygen atoms in total. The summed E-state index contributed by atoms with van der Waals surface area (Å²) in [5.74, 6) is 0.555. The Morgan fingerprint density at radius 1 is 1.43 bits per heavy atom. The summed E-state index contributed by atoms with van der Waals surface area (Å²) in [5, 5.41) is 8.23. The van der Waals surface area contributed by atoms with Crippen molar-refractivity contribution >= 4 is 0 Å². The Hall–Kier alpha value is -1.88. The molecule has 2 aromatic rings. The first-order valence-electron chi connectivity index (χ1n) is 8.23. The molecule has 1 N–H and O–H groups in total. The highest BCUT2D eigenvalue weighted by Crippen LogP contribution is 2.34. The summed E-state index contributed by atoms with van der Waals surface area (Å²) >= 11 is 0. The minimum atomic E-state index is -0.222. The summed E-state index contributed by atoms with van der Waals surface area (Å²) in [7, 11) is 0. The second-order valence-electron chi connectivity index (χ2n) is 6.16. The molecule has 0 bridgehead atoms. The number of rotatable bonds is 4. The number of fused-ring (bicyclic) bond motifs is 1. The zero-order chi connectivity index (χ0) is 16.6. The summed E-state index contributed by atoms with van der Waals surface area (Å²) in [6, 6.07) is 4.98. The van der Waals surface area contributed by atoms with Crippen LogP contribution in [0.15, 0.2) is 18.2 Å². The monoisotopic (exact) mass is 317 g/mol. The number of halogens is 1. The van der Waals surface area contributed by atoms with Crippen molar-refractivity contribution in [2.24, 2.45) is 0 Å². The van der Waals surface area contributed by atoms with Gasteiger partial charge >= 0.3 is 0 Å². The molecule has 0 radical (unpaired) electrons. The van der Waals surface area contributed by atoms with Crippen molar-refractivity contribution in [1.29, 1.82) is 0 Å². The van der Waals surface area contributed by atoms with Crippen LogP contribution >= 0.6 is 0 Å². The molecule has 0 saturated heterocycles. The molecule has 2 atom stereocenters. The van der Waals surface area contributed by atoms with Crippen LogP contribution in [0.1, 0.15) is 54.9 Å². The normalized spacial score (nSPS) is 18.4. The Morgan fingerprint density at radius 3 is 2.91 bits per heavy atom. The average Bonchev–Trinajstić information content (AvgIpc) is 2.82. The Morgan fingerprint density at radius 2 is 2.22 bits per heavy atom. The van der Waals surface area contributed by atoms with Gasteiger partial charge in [-0.25, -0.2) is 4.39 Å². The molecular formula is C18H24FN3O. The van der Waals surface area contributed by atoms with Gasteiger partial charge in [0.15, 0.2) is 0 Å². The number of nitrogens with one attached hydrogen (secondary N) is 1. The van der Waals surface area contributed by atoms with Crippen LogP contribution in [-0.2, 0) is 6.54 Å². The van der Waals surface area contributed by atoms with Crippen LogP contribution in [0.5, 0.6) is 5.75 Å². The van der Waals surface area contributed by atoms with Gasteiger partial charge in [0.05, 0.1) is 12.3 Å². The zero-order valence-corrected chi connectivity index (χ0v) is 14.2. The van der Waals surface area contributed by atoms with Crippen LogP contribution in [0.3, 0.4) is 0 Å². The topological polar surface area (TPSA) is 39.1 Å². The van der Waals surface area contributed by atoms with Gasteiger partial charge in [-0.15, -0.1) is 0 Å². The molecule has 5 heteroatoms. The van der Waals surface area contributed by atoms with Crippen LogP contribution in [0.25, 0.3) is 0 Å². The fourth-order valence-electron chi connectivity index (χ4n) is 3.57. The van der Waals surface area contributed by atoms with Crippen LogP contribution in [0.4, 0.5) is 4.39 Å². The minimum Gasteiger partial charge on any atom is -0.493 e. The molecule has 0 spiro atoms. The maximum Gasteiger partial charge on any atom is 0.124 e. The van der Waals surface area contributed by atoms with E-state index >= 15 is 0 Å². The summed E-state index contributed by atoms with van der Waals surface area (Å²) in [5.41, 5.74) is 4.38. The van der Waals surface area contributed by atoms with Crippen LogP contribution < -0.4 is 10.1 Å². The van der Waals surface area contributed by atoms with Gasteiger partial charge in [-0.1, -0.05) is 0 Å². The maximum absolute atomic E-state index is 13.6. The lowest BCUT2D eigenvalue weighted by Crippen LogP contribution is -2.30. The number of ether oxygens (including phenoxy) is 1. The second-order valence-corrected chi connectivity index (χ2v) is 6.16. The third-order valence-corrected chi connectivity index (χ3v) is 4.63. The molecule has 0 fully saturated rings. The van der Waals surface area contributed by atoms with E-state index in [4.69, 9.17) is 4.74 Å². The first kappa shape index (κ1) is 16.0. The second kappa shape index (κ2) is 6.32. The van der Waals surface area contributed by atoms with Gasteiger partial charge in [0.25, 0.3) is 0 Å². The van der Waals surface area contributed by atoms with Gasteiger partial charge in [-0.05, 0) is 45.9 Å². The van der Waals surface area contributed by atoms with Crippen molar-refractivity contribution in [3.63, 3.8) is 0 Å². The summed E-state index contributed by atoms with van der Waals surface area (Å²) < 4.78 is 21.3. The third-order valence-electron chi connectivity index (χ3n) is 4.63. The van der Waals surface area contributed by atoms with Crippen molar-refractivity contribution in [3.05, 3.63) is 46.5 Å². The lowest BCUT2D eigenvalue weighted by Gasteiger charge is -2.29. The number of aryl methyl sites for hydroxylation is 2. The predicted octanol–water partition coefficient (Wildman–Crippen LogP) is 3.83. The van der Waals surface area contributed by atoms with E-state index in [9.17, 15) is 4.39 Å². The number of hydrogen-bond acceptors (Lipinski definition) is 3. The summed E-state index contributed by atoms with van der Waals surface area (Å²) in [6.07, 6.45) is 0.834. The van der Waals surface area contributed by atoms with Crippen LogP contribution in [0, 0.1) is 19.7 Å². The molecule has 2 heterocycles. The van der Waals surface area contributed by atoms with Crippen molar-refractivity contribution < 1.29 is 9.13 Å². The molecule has 1 aliphatic heterocycles. The Bertz CT molecular complexity index is 711. The van der Waals surface area contributed by atoms with E-state index < -0.39 is 0 Å². The van der Waals surface area contributed by atoms with Crippen molar-refractivity contribution in [2.75, 3.05) is 6.61 Å². The lowest BCUT2D eigenvalue weighted by molar-refractivity contribution is 0.245. The molecule has 0 amide bonds. The summed E-state index contributed by atoms with van der Waals surface area (Å²) in [6.45, 7) is 9.91. The van der Waals surface area contributed by atoms with Gasteiger partial charge in [0, 0.05) is 41.9 Å².